The number of rotatable bonds is 4. The minimum atomic E-state index is -0.218. The van der Waals surface area contributed by atoms with Gasteiger partial charge in [-0.2, -0.15) is 0 Å². The molecule has 0 nitrogen and oxygen atoms in total. The molecule has 0 unspecified atom stereocenters. The van der Waals surface area contributed by atoms with Gasteiger partial charge in [0.2, 0.25) is 0 Å². The van der Waals surface area contributed by atoms with E-state index in [1.807, 2.05) is 30.3 Å². The van der Waals surface area contributed by atoms with E-state index < -0.39 is 0 Å². The van der Waals surface area contributed by atoms with Crippen LogP contribution in [0.25, 0.3) is 17.2 Å². The second-order valence-corrected chi connectivity index (χ2v) is 7.33. The molecule has 0 fully saturated rings. The van der Waals surface area contributed by atoms with Crippen molar-refractivity contribution in [3.8, 4) is 23.0 Å². The van der Waals surface area contributed by atoms with Crippen LogP contribution in [0.4, 0.5) is 4.39 Å². The van der Waals surface area contributed by atoms with E-state index in [0.717, 1.165) is 28.7 Å². The van der Waals surface area contributed by atoms with Crippen molar-refractivity contribution in [3.05, 3.63) is 100 Å². The number of fused-ring (bicyclic) bond motifs is 1. The molecule has 0 amide bonds. The molecule has 0 heterocycles. The number of hydrogen-bond donors (Lipinski definition) is 0. The van der Waals surface area contributed by atoms with Crippen molar-refractivity contribution < 1.29 is 4.39 Å². The molecule has 0 aromatic heterocycles. The molecule has 4 rings (SSSR count). The monoisotopic (exact) mass is 366 g/mol. The zero-order valence-electron chi connectivity index (χ0n) is 16.1. The molecule has 3 aromatic carbocycles. The first-order valence-corrected chi connectivity index (χ1v) is 9.91. The Hall–Kier alpha value is -3.11. The average Bonchev–Trinajstić information content (AvgIpc) is 3.13. The first-order valence-electron chi connectivity index (χ1n) is 9.91. The van der Waals surface area contributed by atoms with Crippen molar-refractivity contribution >= 4 is 6.08 Å². The Kier molecular flexibility index (Phi) is 5.40. The molecule has 138 valence electrons. The van der Waals surface area contributed by atoms with E-state index >= 15 is 0 Å². The van der Waals surface area contributed by atoms with Crippen LogP contribution in [0.2, 0.25) is 0 Å². The summed E-state index contributed by atoms with van der Waals surface area (Å²) >= 11 is 0. The highest BCUT2D eigenvalue weighted by atomic mass is 19.1. The average molecular weight is 366 g/mol. The summed E-state index contributed by atoms with van der Waals surface area (Å²) in [6.45, 7) is 2.24. The van der Waals surface area contributed by atoms with Gasteiger partial charge >= 0.3 is 0 Å². The molecule has 0 N–H and O–H groups in total. The van der Waals surface area contributed by atoms with Crippen LogP contribution in [0.3, 0.4) is 0 Å². The summed E-state index contributed by atoms with van der Waals surface area (Å²) in [5.41, 5.74) is 8.14. The molecule has 28 heavy (non-hydrogen) atoms. The molecule has 1 aliphatic carbocycles. The lowest BCUT2D eigenvalue weighted by atomic mass is 10.0. The lowest BCUT2D eigenvalue weighted by Crippen LogP contribution is -1.86. The van der Waals surface area contributed by atoms with Gasteiger partial charge in [0.25, 0.3) is 0 Å². The van der Waals surface area contributed by atoms with Crippen LogP contribution in [0.5, 0.6) is 0 Å². The quantitative estimate of drug-likeness (QED) is 0.435. The standard InChI is InChI=1S/C27H23F/c1-2-3-5-22-17-25-15-12-21(16-26(25)18-22)9-8-20-10-13-23(14-11-20)24-6-4-7-27(28)19-24/h4,6-7,10-16,18-19H,2-3,5,17H2,1H3. The molecular weight excluding hydrogens is 343 g/mol. The van der Waals surface area contributed by atoms with E-state index in [2.05, 4.69) is 43.0 Å². The number of allylic oxidation sites excluding steroid dienone is 1. The molecule has 3 aromatic rings. The lowest BCUT2D eigenvalue weighted by molar-refractivity contribution is 0.628. The highest BCUT2D eigenvalue weighted by Crippen LogP contribution is 2.28. The van der Waals surface area contributed by atoms with Gasteiger partial charge in [0, 0.05) is 11.1 Å². The minimum Gasteiger partial charge on any atom is -0.207 e. The second kappa shape index (κ2) is 8.28. The Morgan fingerprint density at radius 3 is 2.43 bits per heavy atom. The zero-order valence-corrected chi connectivity index (χ0v) is 16.1. The summed E-state index contributed by atoms with van der Waals surface area (Å²) in [6, 6.07) is 21.1. The number of benzene rings is 3. The van der Waals surface area contributed by atoms with Gasteiger partial charge in [0.15, 0.2) is 0 Å². The van der Waals surface area contributed by atoms with E-state index in [1.54, 1.807) is 12.1 Å². The Balaban J connectivity index is 1.50. The largest absolute Gasteiger partial charge is 0.207 e. The molecule has 1 aliphatic rings. The third-order valence-corrected chi connectivity index (χ3v) is 5.17. The van der Waals surface area contributed by atoms with Gasteiger partial charge < -0.3 is 0 Å². The summed E-state index contributed by atoms with van der Waals surface area (Å²) in [5, 5.41) is 0. The van der Waals surface area contributed by atoms with Gasteiger partial charge in [-0.3, -0.25) is 0 Å². The highest BCUT2D eigenvalue weighted by molar-refractivity contribution is 5.66. The zero-order chi connectivity index (χ0) is 19.3. The normalized spacial score (nSPS) is 12.1. The van der Waals surface area contributed by atoms with E-state index in [1.165, 1.54) is 42.0 Å². The van der Waals surface area contributed by atoms with E-state index in [-0.39, 0.29) is 5.82 Å². The summed E-state index contributed by atoms with van der Waals surface area (Å²) in [5.74, 6) is 6.30. The summed E-state index contributed by atoms with van der Waals surface area (Å²) in [4.78, 5) is 0. The summed E-state index contributed by atoms with van der Waals surface area (Å²) in [7, 11) is 0. The SMILES string of the molecule is CCCCC1=Cc2cc(C#Cc3ccc(-c4cccc(F)c4)cc3)ccc2C1. The fraction of sp³-hybridized carbons (Fsp3) is 0.185. The van der Waals surface area contributed by atoms with Crippen molar-refractivity contribution in [1.29, 1.82) is 0 Å². The van der Waals surface area contributed by atoms with Gasteiger partial charge in [0.05, 0.1) is 0 Å². The number of halogens is 1. The van der Waals surface area contributed by atoms with Crippen molar-refractivity contribution in [1.82, 2.24) is 0 Å². The van der Waals surface area contributed by atoms with Crippen molar-refractivity contribution in [2.45, 2.75) is 32.6 Å². The smallest absolute Gasteiger partial charge is 0.123 e. The third kappa shape index (κ3) is 4.24. The van der Waals surface area contributed by atoms with Crippen LogP contribution >= 0.6 is 0 Å². The molecule has 0 bridgehead atoms. The van der Waals surface area contributed by atoms with Gasteiger partial charge in [-0.25, -0.2) is 4.39 Å². The van der Waals surface area contributed by atoms with Crippen molar-refractivity contribution in [2.24, 2.45) is 0 Å². The van der Waals surface area contributed by atoms with E-state index in [9.17, 15) is 4.39 Å². The van der Waals surface area contributed by atoms with Gasteiger partial charge in [-0.05, 0) is 77.9 Å². The predicted octanol–water partition coefficient (Wildman–Crippen LogP) is 7.02. The van der Waals surface area contributed by atoms with Crippen molar-refractivity contribution in [3.63, 3.8) is 0 Å². The maximum Gasteiger partial charge on any atom is 0.123 e. The van der Waals surface area contributed by atoms with Crippen LogP contribution < -0.4 is 0 Å². The molecule has 1 heteroatoms. The lowest BCUT2D eigenvalue weighted by Gasteiger charge is -2.02. The Bertz CT molecular complexity index is 1080. The topological polar surface area (TPSA) is 0 Å². The first kappa shape index (κ1) is 18.3. The number of unbranched alkanes of at least 4 members (excludes halogenated alkanes) is 1. The predicted molar refractivity (Wildman–Crippen MR) is 115 cm³/mol. The summed E-state index contributed by atoms with van der Waals surface area (Å²) < 4.78 is 13.4. The van der Waals surface area contributed by atoms with E-state index in [0.29, 0.717) is 0 Å². The molecular formula is C27H23F. The Morgan fingerprint density at radius 2 is 1.64 bits per heavy atom. The molecule has 0 aliphatic heterocycles. The molecule has 0 radical (unpaired) electrons. The molecule has 0 saturated heterocycles. The molecule has 0 spiro atoms. The molecule has 0 atom stereocenters. The van der Waals surface area contributed by atoms with Crippen LogP contribution in [0.1, 0.15) is 48.4 Å². The summed E-state index contributed by atoms with van der Waals surface area (Å²) in [6.07, 6.45) is 7.12. The van der Waals surface area contributed by atoms with Gasteiger partial charge in [-0.15, -0.1) is 0 Å². The third-order valence-electron chi connectivity index (χ3n) is 5.17. The minimum absolute atomic E-state index is 0.218. The fourth-order valence-corrected chi connectivity index (χ4v) is 3.61. The van der Waals surface area contributed by atoms with Crippen LogP contribution in [0.15, 0.2) is 72.3 Å². The maximum absolute atomic E-state index is 13.4. The second-order valence-electron chi connectivity index (χ2n) is 7.33. The van der Waals surface area contributed by atoms with Crippen molar-refractivity contribution in [2.75, 3.05) is 0 Å². The molecule has 0 saturated carbocycles. The van der Waals surface area contributed by atoms with Crippen LogP contribution in [-0.2, 0) is 6.42 Å². The Morgan fingerprint density at radius 1 is 0.857 bits per heavy atom. The highest BCUT2D eigenvalue weighted by Gasteiger charge is 2.12. The van der Waals surface area contributed by atoms with Crippen LogP contribution in [0, 0.1) is 17.7 Å². The number of hydrogen-bond acceptors (Lipinski definition) is 0. The van der Waals surface area contributed by atoms with Gasteiger partial charge in [0.1, 0.15) is 5.82 Å². The maximum atomic E-state index is 13.4. The first-order chi connectivity index (χ1) is 13.7. The van der Waals surface area contributed by atoms with E-state index in [4.69, 9.17) is 0 Å². The fourth-order valence-electron chi connectivity index (χ4n) is 3.61. The van der Waals surface area contributed by atoms with Crippen LogP contribution in [-0.4, -0.2) is 0 Å². The van der Waals surface area contributed by atoms with Gasteiger partial charge in [-0.1, -0.05) is 67.2 Å². The Labute approximate surface area is 166 Å².